The van der Waals surface area contributed by atoms with Crippen molar-refractivity contribution in [1.82, 2.24) is 9.80 Å². The summed E-state index contributed by atoms with van der Waals surface area (Å²) in [7, 11) is 2.10. The van der Waals surface area contributed by atoms with E-state index in [4.69, 9.17) is 5.11 Å². The molecule has 1 saturated heterocycles. The molecule has 4 heteroatoms. The Morgan fingerprint density at radius 1 is 1.39 bits per heavy atom. The largest absolute Gasteiger partial charge is 0.481 e. The van der Waals surface area contributed by atoms with Gasteiger partial charge in [-0.15, -0.1) is 0 Å². The highest BCUT2D eigenvalue weighted by molar-refractivity contribution is 5.67. The van der Waals surface area contributed by atoms with Gasteiger partial charge in [0, 0.05) is 25.7 Å². The lowest BCUT2D eigenvalue weighted by atomic mass is 9.92. The van der Waals surface area contributed by atoms with Gasteiger partial charge in [-0.3, -0.25) is 9.69 Å². The third kappa shape index (κ3) is 4.94. The third-order valence-corrected chi connectivity index (χ3v) is 3.58. The molecule has 0 saturated carbocycles. The molecule has 0 aliphatic carbocycles. The van der Waals surface area contributed by atoms with Gasteiger partial charge in [-0.05, 0) is 25.4 Å². The van der Waals surface area contributed by atoms with Crippen molar-refractivity contribution in [3.63, 3.8) is 0 Å². The Morgan fingerprint density at radius 3 is 2.61 bits per heavy atom. The van der Waals surface area contributed by atoms with Crippen LogP contribution in [0, 0.1) is 5.41 Å². The van der Waals surface area contributed by atoms with E-state index in [2.05, 4.69) is 37.6 Å². The topological polar surface area (TPSA) is 43.8 Å². The van der Waals surface area contributed by atoms with Crippen LogP contribution in [0.15, 0.2) is 0 Å². The Kier molecular flexibility index (Phi) is 5.60. The summed E-state index contributed by atoms with van der Waals surface area (Å²) in [5.41, 5.74) is 0.232. The zero-order valence-corrected chi connectivity index (χ0v) is 12.3. The van der Waals surface area contributed by atoms with Crippen LogP contribution in [0.2, 0.25) is 0 Å². The maximum Gasteiger partial charge on any atom is 0.304 e. The molecule has 18 heavy (non-hydrogen) atoms. The van der Waals surface area contributed by atoms with Gasteiger partial charge in [-0.25, -0.2) is 0 Å². The highest BCUT2D eigenvalue weighted by Gasteiger charge is 2.33. The minimum Gasteiger partial charge on any atom is -0.481 e. The number of carboxylic acid groups (broad SMARTS) is 1. The lowest BCUT2D eigenvalue weighted by Gasteiger charge is -2.33. The molecule has 0 spiro atoms. The number of nitrogens with zero attached hydrogens (tertiary/aromatic N) is 2. The number of hydrogen-bond acceptors (Lipinski definition) is 3. The minimum absolute atomic E-state index is 0.154. The molecule has 0 aromatic heterocycles. The summed E-state index contributed by atoms with van der Waals surface area (Å²) in [5.74, 6) is -0.686. The average molecular weight is 256 g/mol. The van der Waals surface area contributed by atoms with E-state index in [9.17, 15) is 4.79 Å². The molecule has 1 unspecified atom stereocenters. The smallest absolute Gasteiger partial charge is 0.304 e. The number of hydrogen-bond donors (Lipinski definition) is 1. The summed E-state index contributed by atoms with van der Waals surface area (Å²) in [6.45, 7) is 10.6. The zero-order valence-electron chi connectivity index (χ0n) is 12.3. The Balaban J connectivity index is 2.77. The first-order valence-electron chi connectivity index (χ1n) is 6.98. The van der Waals surface area contributed by atoms with Crippen LogP contribution in [-0.4, -0.2) is 60.1 Å². The van der Waals surface area contributed by atoms with E-state index in [1.54, 1.807) is 0 Å². The molecule has 1 aliphatic heterocycles. The standard InChI is InChI=1S/C14H28N2O2/c1-5-6-7-16-11-14(2,3)10-15(4)9-12(16)8-13(17)18/h12H,5-11H2,1-4H3,(H,17,18). The third-order valence-electron chi connectivity index (χ3n) is 3.58. The van der Waals surface area contributed by atoms with Crippen molar-refractivity contribution in [2.75, 3.05) is 33.2 Å². The lowest BCUT2D eigenvalue weighted by molar-refractivity contribution is -0.138. The first kappa shape index (κ1) is 15.4. The molecule has 1 aliphatic rings. The molecule has 1 N–H and O–H groups in total. The van der Waals surface area contributed by atoms with Crippen molar-refractivity contribution in [2.45, 2.75) is 46.1 Å². The van der Waals surface area contributed by atoms with Gasteiger partial charge in [-0.2, -0.15) is 0 Å². The van der Waals surface area contributed by atoms with E-state index in [0.717, 1.165) is 39.0 Å². The van der Waals surface area contributed by atoms with E-state index >= 15 is 0 Å². The Morgan fingerprint density at radius 2 is 2.06 bits per heavy atom. The lowest BCUT2D eigenvalue weighted by Crippen LogP contribution is -2.43. The van der Waals surface area contributed by atoms with Crippen LogP contribution in [0.4, 0.5) is 0 Å². The number of aliphatic carboxylic acids is 1. The van der Waals surface area contributed by atoms with Crippen molar-refractivity contribution < 1.29 is 9.90 Å². The molecular formula is C14H28N2O2. The fourth-order valence-electron chi connectivity index (χ4n) is 3.02. The highest BCUT2D eigenvalue weighted by atomic mass is 16.4. The number of rotatable bonds is 5. The monoisotopic (exact) mass is 256 g/mol. The molecule has 0 bridgehead atoms. The van der Waals surface area contributed by atoms with Gasteiger partial charge in [-0.1, -0.05) is 27.2 Å². The van der Waals surface area contributed by atoms with Gasteiger partial charge in [0.1, 0.15) is 0 Å². The minimum atomic E-state index is -0.686. The van der Waals surface area contributed by atoms with Crippen LogP contribution in [0.1, 0.15) is 40.0 Å². The van der Waals surface area contributed by atoms with Gasteiger partial charge >= 0.3 is 5.97 Å². The molecule has 0 aromatic carbocycles. The van der Waals surface area contributed by atoms with Crippen LogP contribution in [-0.2, 0) is 4.79 Å². The summed E-state index contributed by atoms with van der Waals surface area (Å²) < 4.78 is 0. The van der Waals surface area contributed by atoms with Crippen LogP contribution >= 0.6 is 0 Å². The summed E-state index contributed by atoms with van der Waals surface area (Å²) in [5, 5.41) is 9.07. The first-order valence-corrected chi connectivity index (χ1v) is 6.98. The maximum absolute atomic E-state index is 11.0. The molecule has 0 radical (unpaired) electrons. The number of likely N-dealkylation sites (N-methyl/N-ethyl adjacent to an activating group) is 1. The number of carbonyl (C=O) groups is 1. The normalized spacial score (nSPS) is 25.9. The van der Waals surface area contributed by atoms with Gasteiger partial charge in [0.05, 0.1) is 6.42 Å². The summed E-state index contributed by atoms with van der Waals surface area (Å²) in [6, 6.07) is 0.154. The van der Waals surface area contributed by atoms with Crippen molar-refractivity contribution in [2.24, 2.45) is 5.41 Å². The first-order chi connectivity index (χ1) is 8.34. The fraction of sp³-hybridized carbons (Fsp3) is 0.929. The maximum atomic E-state index is 11.0. The van der Waals surface area contributed by atoms with Crippen molar-refractivity contribution >= 4 is 5.97 Å². The van der Waals surface area contributed by atoms with Crippen LogP contribution in [0.25, 0.3) is 0 Å². The Bertz CT molecular complexity index is 279. The molecule has 106 valence electrons. The van der Waals surface area contributed by atoms with Gasteiger partial charge in [0.2, 0.25) is 0 Å². The quantitative estimate of drug-likeness (QED) is 0.816. The predicted molar refractivity (Wildman–Crippen MR) is 73.8 cm³/mol. The van der Waals surface area contributed by atoms with Gasteiger partial charge in [0.15, 0.2) is 0 Å². The zero-order chi connectivity index (χ0) is 13.8. The van der Waals surface area contributed by atoms with Crippen molar-refractivity contribution in [3.8, 4) is 0 Å². The van der Waals surface area contributed by atoms with E-state index in [1.165, 1.54) is 0 Å². The Hall–Kier alpha value is -0.610. The highest BCUT2D eigenvalue weighted by Crippen LogP contribution is 2.25. The van der Waals surface area contributed by atoms with Crippen LogP contribution in [0.3, 0.4) is 0 Å². The molecule has 0 amide bonds. The average Bonchev–Trinajstić information content (AvgIpc) is 2.30. The molecule has 4 nitrogen and oxygen atoms in total. The SMILES string of the molecule is CCCCN1CC(C)(C)CN(C)CC1CC(=O)O. The second-order valence-corrected chi connectivity index (χ2v) is 6.44. The van der Waals surface area contributed by atoms with E-state index in [-0.39, 0.29) is 17.9 Å². The van der Waals surface area contributed by atoms with Crippen molar-refractivity contribution in [3.05, 3.63) is 0 Å². The van der Waals surface area contributed by atoms with E-state index in [0.29, 0.717) is 0 Å². The number of unbranched alkanes of at least 4 members (excludes halogenated alkanes) is 1. The molecule has 0 aromatic rings. The Labute approximate surface area is 111 Å². The summed E-state index contributed by atoms with van der Waals surface area (Å²) >= 11 is 0. The molecule has 1 rings (SSSR count). The summed E-state index contributed by atoms with van der Waals surface area (Å²) in [4.78, 5) is 15.7. The second kappa shape index (κ2) is 6.53. The number of carboxylic acids is 1. The van der Waals surface area contributed by atoms with Crippen molar-refractivity contribution in [1.29, 1.82) is 0 Å². The fourth-order valence-corrected chi connectivity index (χ4v) is 3.02. The van der Waals surface area contributed by atoms with E-state index < -0.39 is 5.97 Å². The molecule has 1 atom stereocenters. The predicted octanol–water partition coefficient (Wildman–Crippen LogP) is 1.90. The van der Waals surface area contributed by atoms with Crippen LogP contribution in [0.5, 0.6) is 0 Å². The summed E-state index contributed by atoms with van der Waals surface area (Å²) in [6.07, 6.45) is 2.56. The second-order valence-electron chi connectivity index (χ2n) is 6.44. The van der Waals surface area contributed by atoms with Gasteiger partial charge in [0.25, 0.3) is 0 Å². The van der Waals surface area contributed by atoms with Crippen LogP contribution < -0.4 is 0 Å². The molecule has 1 heterocycles. The van der Waals surface area contributed by atoms with Gasteiger partial charge < -0.3 is 10.0 Å². The molecular weight excluding hydrogens is 228 g/mol. The van der Waals surface area contributed by atoms with E-state index in [1.807, 2.05) is 0 Å². The molecule has 1 fully saturated rings.